The fourth-order valence-electron chi connectivity index (χ4n) is 3.72. The van der Waals surface area contributed by atoms with E-state index in [2.05, 4.69) is 31.2 Å². The van der Waals surface area contributed by atoms with Gasteiger partial charge in [0.15, 0.2) is 6.10 Å². The van der Waals surface area contributed by atoms with Crippen LogP contribution in [0, 0.1) is 0 Å². The van der Waals surface area contributed by atoms with Crippen LogP contribution >= 0.6 is 7.82 Å². The third-order valence-corrected chi connectivity index (χ3v) is 7.37. The van der Waals surface area contributed by atoms with Crippen LogP contribution in [0.2, 0.25) is 0 Å². The number of unbranched alkanes of at least 4 members (excludes halogenated alkanes) is 8. The average Bonchev–Trinajstić information content (AvgIpc) is 3.31. The maximum Gasteiger partial charge on any atom is 0.472 e. The quantitative estimate of drug-likeness (QED) is 0.0217. The maximum absolute atomic E-state index is 13.5. The van der Waals surface area contributed by atoms with Gasteiger partial charge in [-0.1, -0.05) is 147 Å². The molecule has 0 aromatic rings. The lowest BCUT2D eigenvalue weighted by atomic mass is 10.0. The van der Waals surface area contributed by atoms with E-state index >= 15 is 0 Å². The summed E-state index contributed by atoms with van der Waals surface area (Å²) in [6.07, 6.45) is -54.4. The van der Waals surface area contributed by atoms with Crippen LogP contribution in [0.4, 0.5) is 0 Å². The topological polar surface area (TPSA) is 108 Å². The molecule has 52 heavy (non-hydrogen) atoms. The number of phosphoric ester groups is 1. The molecule has 306 valence electrons. The number of likely N-dealkylation sites (N-methyl/N-ethyl adjacent to an activating group) is 1. The molecule has 9 nitrogen and oxygen atoms in total. The van der Waals surface area contributed by atoms with E-state index < -0.39 is 135 Å². The Balaban J connectivity index is 6.87. The fourth-order valence-corrected chi connectivity index (χ4v) is 4.46. The number of quaternary nitrogens is 1. The molecule has 0 amide bonds. The number of rotatable bonds is 38. The first-order valence-corrected chi connectivity index (χ1v) is 18.7. The lowest BCUT2D eigenvalue weighted by Gasteiger charge is -2.24. The zero-order chi connectivity index (χ0) is 66.2. The third kappa shape index (κ3) is 38.2. The predicted molar refractivity (Wildman–Crippen MR) is 215 cm³/mol. The van der Waals surface area contributed by atoms with Gasteiger partial charge in [0.25, 0.3) is 0 Å². The largest absolute Gasteiger partial charge is 0.472 e. The minimum atomic E-state index is -5.24. The standard InChI is InChI=1S/C42H80NO8P/c1-6-8-10-12-14-16-18-20-21-23-25-27-29-31-33-35-42(45)51-40(39-50-52(46,47)49-37-36-43(3,4)5)38-48-41(44)34-32-30-28-26-24-22-19-17-15-13-11-9-7-2/h14,16,20-21,40H,6-13,15,17-19,22-39H2,1-5H3/p+1/b16-14-,21-20-/t40-/m1/s1/i2D3,7D2,9D2,11D2,13D2,15D2,17D2,19D2,22D2,24D2,26D2,28D2,30D2,32D2,34D2. The Kier molecular flexibility index (Phi) is 12.9. The maximum atomic E-state index is 13.5. The van der Waals surface area contributed by atoms with Crippen molar-refractivity contribution in [2.45, 2.75) is 186 Å². The number of hydrogen-bond acceptors (Lipinski definition) is 7. The van der Waals surface area contributed by atoms with Crippen LogP contribution in [-0.4, -0.2) is 74.9 Å². The number of esters is 2. The van der Waals surface area contributed by atoms with Crippen molar-refractivity contribution < 1.29 is 84.5 Å². The van der Waals surface area contributed by atoms with Crippen molar-refractivity contribution in [3.63, 3.8) is 0 Å². The normalized spacial score (nSPS) is 26.8. The minimum Gasteiger partial charge on any atom is -0.462 e. The molecule has 0 heterocycles. The minimum absolute atomic E-state index is 0.176. The van der Waals surface area contributed by atoms with Crippen LogP contribution in [0.3, 0.4) is 0 Å². The molecule has 0 aliphatic carbocycles. The highest BCUT2D eigenvalue weighted by Crippen LogP contribution is 2.43. The number of phosphoric acid groups is 1. The Hall–Kier alpha value is -1.51. The molecular weight excluding hydrogens is 677 g/mol. The highest BCUT2D eigenvalue weighted by molar-refractivity contribution is 7.47. The SMILES string of the molecule is [2H]C([2H])([2H])C([2H])([2H])C([2H])([2H])C([2H])([2H])C([2H])([2H])C([2H])([2H])C([2H])([2H])C([2H])([2H])C([2H])([2H])C([2H])([2H])C([2H])([2H])C([2H])([2H])C([2H])([2H])C([2H])([2H])C([2H])([2H])C(=O)OC[C@H](COP(=O)(O)OCC[N+](C)(C)C)OC(=O)CCCCCCC/C=C\C/C=C\CCCCC. The van der Waals surface area contributed by atoms with Gasteiger partial charge < -0.3 is 18.9 Å². The highest BCUT2D eigenvalue weighted by atomic mass is 31.2. The first kappa shape index (κ1) is 19.1. The molecule has 1 N–H and O–H groups in total. The van der Waals surface area contributed by atoms with Crippen molar-refractivity contribution in [1.82, 2.24) is 0 Å². The summed E-state index contributed by atoms with van der Waals surface area (Å²) in [5.41, 5.74) is 0. The molecule has 0 bridgehead atoms. The van der Waals surface area contributed by atoms with Gasteiger partial charge in [-0.2, -0.15) is 0 Å². The molecule has 0 rings (SSSR count). The first-order chi connectivity index (χ1) is 36.7. The summed E-state index contributed by atoms with van der Waals surface area (Å²) in [7, 11) is 0.178. The monoisotopic (exact) mass is 790 g/mol. The summed E-state index contributed by atoms with van der Waals surface area (Å²) in [6, 6.07) is 0. The molecule has 0 spiro atoms. The van der Waals surface area contributed by atoms with E-state index in [1.165, 1.54) is 6.42 Å². The van der Waals surface area contributed by atoms with Crippen LogP contribution in [0.5, 0.6) is 0 Å². The Morgan fingerprint density at radius 1 is 0.731 bits per heavy atom. The molecule has 0 radical (unpaired) electrons. The Bertz CT molecular complexity index is 2210. The van der Waals surface area contributed by atoms with E-state index in [-0.39, 0.29) is 30.5 Å². The molecule has 2 atom stereocenters. The summed E-state index contributed by atoms with van der Waals surface area (Å²) in [6.45, 7) is -4.70. The fraction of sp³-hybridized carbons (Fsp3) is 0.857. The van der Waals surface area contributed by atoms with Crippen molar-refractivity contribution in [3.05, 3.63) is 24.3 Å². The number of allylic oxidation sites excluding steroid dienone is 4. The van der Waals surface area contributed by atoms with Crippen molar-refractivity contribution in [2.75, 3.05) is 47.5 Å². The first-order valence-electron chi connectivity index (χ1n) is 32.8. The Morgan fingerprint density at radius 2 is 1.29 bits per heavy atom. The lowest BCUT2D eigenvalue weighted by Crippen LogP contribution is -2.37. The molecule has 0 aromatic heterocycles. The number of carbonyl (C=O) groups excluding carboxylic acids is 2. The van der Waals surface area contributed by atoms with Gasteiger partial charge in [0.2, 0.25) is 0 Å². The zero-order valence-electron chi connectivity index (χ0n) is 61.9. The number of nitrogens with zero attached hydrogens (tertiary/aromatic N) is 1. The van der Waals surface area contributed by atoms with Crippen LogP contribution in [-0.2, 0) is 32.7 Å². The molecular formula is C42H81NO8P+. The van der Waals surface area contributed by atoms with Gasteiger partial charge in [-0.25, -0.2) is 4.57 Å². The Labute approximate surface area is 363 Å². The summed E-state index contributed by atoms with van der Waals surface area (Å²) < 4.78 is 287. The van der Waals surface area contributed by atoms with E-state index in [0.717, 1.165) is 44.9 Å². The second-order valence-electron chi connectivity index (χ2n) is 12.1. The molecule has 0 fully saturated rings. The summed E-state index contributed by atoms with van der Waals surface area (Å²) in [4.78, 5) is 36.8. The van der Waals surface area contributed by atoms with Gasteiger partial charge in [0, 0.05) is 55.3 Å². The third-order valence-electron chi connectivity index (χ3n) is 6.38. The molecule has 0 aliphatic heterocycles. The van der Waals surface area contributed by atoms with Gasteiger partial charge in [0.1, 0.15) is 19.8 Å². The number of hydrogen-bond donors (Lipinski definition) is 1. The van der Waals surface area contributed by atoms with Gasteiger partial charge in [0.05, 0.1) is 27.7 Å². The van der Waals surface area contributed by atoms with Gasteiger partial charge >= 0.3 is 19.8 Å². The molecule has 0 saturated carbocycles. The van der Waals surface area contributed by atoms with Crippen molar-refractivity contribution in [3.8, 4) is 0 Å². The van der Waals surface area contributed by atoms with Crippen LogP contribution in [0.15, 0.2) is 24.3 Å². The van der Waals surface area contributed by atoms with E-state index in [0.29, 0.717) is 12.8 Å². The zero-order valence-corrected chi connectivity index (χ0v) is 31.8. The van der Waals surface area contributed by atoms with E-state index in [4.69, 9.17) is 61.0 Å². The van der Waals surface area contributed by atoms with Gasteiger partial charge in [-0.05, 0) is 44.9 Å². The smallest absolute Gasteiger partial charge is 0.462 e. The molecule has 0 saturated heterocycles. The van der Waals surface area contributed by atoms with Gasteiger partial charge in [-0.3, -0.25) is 18.6 Å². The van der Waals surface area contributed by atoms with E-state index in [9.17, 15) is 19.0 Å². The number of carbonyl (C=O) groups is 2. The summed E-state index contributed by atoms with van der Waals surface area (Å²) in [5, 5.41) is 0. The summed E-state index contributed by atoms with van der Waals surface area (Å²) in [5.74, 6) is -3.50. The molecule has 1 unspecified atom stereocenters. The second-order valence-corrected chi connectivity index (χ2v) is 13.5. The van der Waals surface area contributed by atoms with Gasteiger partial charge in [-0.15, -0.1) is 0 Å². The van der Waals surface area contributed by atoms with Crippen LogP contribution in [0.25, 0.3) is 0 Å². The number of ether oxygens (including phenoxy) is 2. The molecule has 10 heteroatoms. The van der Waals surface area contributed by atoms with Crippen LogP contribution < -0.4 is 0 Å². The highest BCUT2D eigenvalue weighted by Gasteiger charge is 2.27. The predicted octanol–water partition coefficient (Wildman–Crippen LogP) is 11.6. The molecule has 0 aliphatic rings. The average molecular weight is 790 g/mol. The second kappa shape index (κ2) is 35.2. The van der Waals surface area contributed by atoms with Crippen molar-refractivity contribution in [1.29, 1.82) is 0 Å². The lowest BCUT2D eigenvalue weighted by molar-refractivity contribution is -0.870. The Morgan fingerprint density at radius 3 is 1.88 bits per heavy atom. The van der Waals surface area contributed by atoms with E-state index in [1.807, 2.05) is 0 Å². The van der Waals surface area contributed by atoms with Crippen LogP contribution in [0.1, 0.15) is 223 Å². The molecule has 0 aromatic carbocycles. The van der Waals surface area contributed by atoms with Crippen molar-refractivity contribution >= 4 is 19.8 Å². The van der Waals surface area contributed by atoms with E-state index in [1.54, 1.807) is 21.1 Å². The summed E-state index contributed by atoms with van der Waals surface area (Å²) >= 11 is 0. The van der Waals surface area contributed by atoms with Crippen molar-refractivity contribution in [2.24, 2.45) is 0 Å².